The Balaban J connectivity index is 1.50. The maximum absolute atomic E-state index is 14.8. The molecule has 3 aliphatic heterocycles. The minimum absolute atomic E-state index is 0.0370. The van der Waals surface area contributed by atoms with Gasteiger partial charge >= 0.3 is 5.97 Å². The van der Waals surface area contributed by atoms with Crippen molar-refractivity contribution in [3.63, 3.8) is 0 Å². The van der Waals surface area contributed by atoms with Gasteiger partial charge in [-0.3, -0.25) is 19.2 Å². The van der Waals surface area contributed by atoms with Crippen molar-refractivity contribution in [2.75, 3.05) is 24.6 Å². The zero-order valence-corrected chi connectivity index (χ0v) is 28.2. The van der Waals surface area contributed by atoms with Gasteiger partial charge in [0.1, 0.15) is 17.7 Å². The first-order chi connectivity index (χ1) is 23.1. The zero-order valence-electron chi connectivity index (χ0n) is 27.4. The Labute approximate surface area is 286 Å². The summed E-state index contributed by atoms with van der Waals surface area (Å²) in [5.41, 5.74) is -0.195. The van der Waals surface area contributed by atoms with E-state index in [0.29, 0.717) is 35.5 Å². The molecule has 0 aromatic heterocycles. The van der Waals surface area contributed by atoms with Gasteiger partial charge in [-0.1, -0.05) is 80.1 Å². The van der Waals surface area contributed by atoms with Crippen molar-refractivity contribution in [1.29, 1.82) is 0 Å². The molecule has 2 N–H and O–H groups in total. The zero-order chi connectivity index (χ0) is 34.6. The van der Waals surface area contributed by atoms with Crippen LogP contribution in [-0.4, -0.2) is 77.2 Å². The molecule has 3 heterocycles. The van der Waals surface area contributed by atoms with Crippen molar-refractivity contribution in [3.05, 3.63) is 90.5 Å². The Bertz CT molecular complexity index is 1530. The first-order valence-corrected chi connectivity index (χ1v) is 16.9. The molecular weight excluding hydrogens is 634 g/mol. The molecule has 0 aliphatic carbocycles. The van der Waals surface area contributed by atoms with Crippen LogP contribution in [-0.2, 0) is 28.7 Å². The van der Waals surface area contributed by atoms with Gasteiger partial charge in [0.05, 0.1) is 47.8 Å². The van der Waals surface area contributed by atoms with E-state index in [4.69, 9.17) is 21.1 Å². The second kappa shape index (κ2) is 15.1. The van der Waals surface area contributed by atoms with E-state index >= 15 is 0 Å². The summed E-state index contributed by atoms with van der Waals surface area (Å²) < 4.78 is 12.7. The van der Waals surface area contributed by atoms with Gasteiger partial charge in [-0.15, -0.1) is 13.2 Å². The maximum Gasteiger partial charge on any atom is 0.313 e. The lowest BCUT2D eigenvalue weighted by Gasteiger charge is -2.40. The molecule has 2 bridgehead atoms. The fraction of sp³-hybridized carbons (Fsp3) is 0.459. The fourth-order valence-electron chi connectivity index (χ4n) is 7.51. The molecule has 3 amide bonds. The Kier molecular flexibility index (Phi) is 11.1. The molecule has 48 heavy (non-hydrogen) atoms. The van der Waals surface area contributed by atoms with E-state index in [-0.39, 0.29) is 37.9 Å². The van der Waals surface area contributed by atoms with Gasteiger partial charge in [-0.2, -0.15) is 0 Å². The number of aliphatic hydroxyl groups excluding tert-OH is 1. The standard InChI is InChI=1S/C37H44ClN3O7/c1-5-7-17-30(43)39-21-29(24-13-9-8-10-14-24)47-36(46)31-28-18-19-37(48-28)32(31)34(44)41(27(22-42)23(3)4)33(37)35(45)40(20-6-2)26-16-12-11-15-25(26)38/h5-6,8-16,23,27-29,31-33,42H,1-2,7,17-22H2,3-4H3,(H,39,43)/t27-,28+,29+,31-,32-,33+,37-/m0/s1. The summed E-state index contributed by atoms with van der Waals surface area (Å²) in [7, 11) is 0. The third kappa shape index (κ3) is 6.53. The lowest BCUT2D eigenvalue weighted by atomic mass is 9.70. The first-order valence-electron chi connectivity index (χ1n) is 16.5. The first kappa shape index (κ1) is 35.3. The van der Waals surface area contributed by atoms with Crippen molar-refractivity contribution < 1.29 is 33.8 Å². The van der Waals surface area contributed by atoms with E-state index in [1.165, 1.54) is 9.80 Å². The van der Waals surface area contributed by atoms with Crippen molar-refractivity contribution >= 4 is 41.0 Å². The van der Waals surface area contributed by atoms with Crippen LogP contribution in [0, 0.1) is 17.8 Å². The predicted molar refractivity (Wildman–Crippen MR) is 182 cm³/mol. The normalized spacial score (nSPS) is 25.4. The number of aliphatic hydroxyl groups is 1. The molecule has 3 fully saturated rings. The third-order valence-corrected chi connectivity index (χ3v) is 10.1. The lowest BCUT2D eigenvalue weighted by molar-refractivity contribution is -0.161. The molecule has 2 aromatic carbocycles. The number of nitrogens with one attached hydrogen (secondary N) is 1. The molecule has 3 saturated heterocycles. The number of carbonyl (C=O) groups excluding carboxylic acids is 4. The van der Waals surface area contributed by atoms with E-state index in [1.807, 2.05) is 32.0 Å². The van der Waals surface area contributed by atoms with E-state index in [1.54, 1.807) is 48.6 Å². The number of anilines is 1. The molecule has 7 atom stereocenters. The summed E-state index contributed by atoms with van der Waals surface area (Å²) in [6.07, 6.45) is 3.33. The molecule has 0 unspecified atom stereocenters. The molecule has 0 saturated carbocycles. The van der Waals surface area contributed by atoms with Crippen molar-refractivity contribution in [2.24, 2.45) is 17.8 Å². The number of nitrogens with zero attached hydrogens (tertiary/aromatic N) is 2. The molecule has 0 radical (unpaired) electrons. The van der Waals surface area contributed by atoms with Crippen LogP contribution < -0.4 is 10.2 Å². The molecule has 2 aromatic rings. The summed E-state index contributed by atoms with van der Waals surface area (Å²) in [6, 6.07) is 14.2. The third-order valence-electron chi connectivity index (χ3n) is 9.77. The van der Waals surface area contributed by atoms with Crippen LogP contribution in [0.25, 0.3) is 0 Å². The number of halogens is 1. The maximum atomic E-state index is 14.8. The molecule has 3 aliphatic rings. The Morgan fingerprint density at radius 1 is 1.15 bits per heavy atom. The minimum atomic E-state index is -1.33. The summed E-state index contributed by atoms with van der Waals surface area (Å²) in [5, 5.41) is 13.7. The number of amides is 3. The van der Waals surface area contributed by atoms with Crippen LogP contribution in [0.15, 0.2) is 79.9 Å². The highest BCUT2D eigenvalue weighted by Gasteiger charge is 2.76. The number of benzene rings is 2. The van der Waals surface area contributed by atoms with Gasteiger partial charge in [-0.25, -0.2) is 0 Å². The van der Waals surface area contributed by atoms with Crippen LogP contribution in [0.4, 0.5) is 5.69 Å². The smallest absolute Gasteiger partial charge is 0.313 e. The molecule has 5 rings (SSSR count). The fourth-order valence-corrected chi connectivity index (χ4v) is 7.75. The molecule has 10 nitrogen and oxygen atoms in total. The van der Waals surface area contributed by atoms with Gasteiger partial charge < -0.3 is 29.7 Å². The minimum Gasteiger partial charge on any atom is -0.455 e. The summed E-state index contributed by atoms with van der Waals surface area (Å²) in [5.74, 6) is -3.93. The van der Waals surface area contributed by atoms with Crippen molar-refractivity contribution in [1.82, 2.24) is 10.2 Å². The van der Waals surface area contributed by atoms with Crippen molar-refractivity contribution in [3.8, 4) is 0 Å². The summed E-state index contributed by atoms with van der Waals surface area (Å²) in [6.45, 7) is 11.0. The molecule has 1 spiro atoms. The topological polar surface area (TPSA) is 125 Å². The molecule has 11 heteroatoms. The average molecular weight is 678 g/mol. The lowest BCUT2D eigenvalue weighted by Crippen LogP contribution is -2.59. The number of ether oxygens (including phenoxy) is 2. The van der Waals surface area contributed by atoms with Gasteiger partial charge in [0.25, 0.3) is 5.91 Å². The van der Waals surface area contributed by atoms with E-state index in [2.05, 4.69) is 18.5 Å². The predicted octanol–water partition coefficient (Wildman–Crippen LogP) is 4.62. The quantitative estimate of drug-likeness (QED) is 0.208. The molecule has 256 valence electrons. The number of para-hydroxylation sites is 1. The van der Waals surface area contributed by atoms with Gasteiger partial charge in [0.15, 0.2) is 0 Å². The SMILES string of the molecule is C=CCCC(=O)NC[C@@H](OC(=O)[C@@H]1[C@H]2C(=O)N([C@@H](CO)C(C)C)[C@H](C(=O)N(CC=C)c3ccccc3Cl)[C@]23CC[C@H]1O3)c1ccccc1. The number of likely N-dealkylation sites (tertiary alicyclic amines) is 1. The van der Waals surface area contributed by atoms with E-state index < -0.39 is 59.5 Å². The van der Waals surface area contributed by atoms with Gasteiger partial charge in [0, 0.05) is 13.0 Å². The Morgan fingerprint density at radius 3 is 2.50 bits per heavy atom. The number of esters is 1. The second-order valence-electron chi connectivity index (χ2n) is 13.0. The van der Waals surface area contributed by atoms with Crippen LogP contribution in [0.1, 0.15) is 51.2 Å². The van der Waals surface area contributed by atoms with E-state index in [0.717, 1.165) is 0 Å². The number of hydrogen-bond donors (Lipinski definition) is 2. The number of allylic oxidation sites excluding steroid dienone is 1. The summed E-state index contributed by atoms with van der Waals surface area (Å²) in [4.78, 5) is 59.0. The van der Waals surface area contributed by atoms with Crippen LogP contribution in [0.5, 0.6) is 0 Å². The molecular formula is C37H44ClN3O7. The Hall–Kier alpha value is -3.99. The summed E-state index contributed by atoms with van der Waals surface area (Å²) >= 11 is 6.56. The monoisotopic (exact) mass is 677 g/mol. The van der Waals surface area contributed by atoms with Crippen LogP contribution in [0.3, 0.4) is 0 Å². The number of hydrogen-bond acceptors (Lipinski definition) is 7. The average Bonchev–Trinajstić information content (AvgIpc) is 3.73. The van der Waals surface area contributed by atoms with Gasteiger partial charge in [0.2, 0.25) is 11.8 Å². The number of fused-ring (bicyclic) bond motifs is 1. The second-order valence-corrected chi connectivity index (χ2v) is 13.4. The van der Waals surface area contributed by atoms with Crippen LogP contribution in [0.2, 0.25) is 5.02 Å². The van der Waals surface area contributed by atoms with Crippen molar-refractivity contribution in [2.45, 2.75) is 69.4 Å². The largest absolute Gasteiger partial charge is 0.455 e. The number of rotatable bonds is 15. The highest BCUT2D eigenvalue weighted by Crippen LogP contribution is 2.59. The highest BCUT2D eigenvalue weighted by atomic mass is 35.5. The highest BCUT2D eigenvalue weighted by molar-refractivity contribution is 6.34. The Morgan fingerprint density at radius 2 is 1.85 bits per heavy atom. The van der Waals surface area contributed by atoms with Crippen LogP contribution >= 0.6 is 11.6 Å². The number of carbonyl (C=O) groups is 4. The van der Waals surface area contributed by atoms with E-state index in [9.17, 15) is 24.3 Å². The van der Waals surface area contributed by atoms with Gasteiger partial charge in [-0.05, 0) is 42.9 Å².